The third-order valence-corrected chi connectivity index (χ3v) is 5.71. The lowest BCUT2D eigenvalue weighted by atomic mass is 10.0. The first-order valence-electron chi connectivity index (χ1n) is 8.95. The summed E-state index contributed by atoms with van der Waals surface area (Å²) in [5.74, 6) is 0.601. The fourth-order valence-electron chi connectivity index (χ4n) is 4.12. The Morgan fingerprint density at radius 1 is 1.21 bits per heavy atom. The van der Waals surface area contributed by atoms with Crippen LogP contribution in [0.5, 0.6) is 0 Å². The maximum atomic E-state index is 13.5. The average Bonchev–Trinajstić information content (AvgIpc) is 2.96. The van der Waals surface area contributed by atoms with E-state index in [1.165, 1.54) is 6.07 Å². The van der Waals surface area contributed by atoms with Crippen LogP contribution in [0.1, 0.15) is 32.4 Å². The zero-order chi connectivity index (χ0) is 17.3. The molecule has 1 aromatic carbocycles. The molecule has 2 saturated heterocycles. The Bertz CT molecular complexity index is 586. The summed E-state index contributed by atoms with van der Waals surface area (Å²) in [7, 11) is 0. The molecule has 2 heterocycles. The van der Waals surface area contributed by atoms with Crippen LogP contribution in [0.4, 0.5) is 4.39 Å². The third kappa shape index (κ3) is 3.62. The molecule has 4 nitrogen and oxygen atoms in total. The van der Waals surface area contributed by atoms with Crippen molar-refractivity contribution in [1.29, 1.82) is 0 Å². The number of piperazine rings is 1. The molecular weight excluding hydrogens is 305 g/mol. The molecule has 0 spiro atoms. The Hall–Kier alpha value is -1.46. The number of benzene rings is 1. The maximum Gasteiger partial charge on any atom is 0.219 e. The van der Waals surface area contributed by atoms with Gasteiger partial charge in [-0.15, -0.1) is 0 Å². The van der Waals surface area contributed by atoms with Gasteiger partial charge < -0.3 is 4.90 Å². The monoisotopic (exact) mass is 333 g/mol. The molecule has 0 aliphatic carbocycles. The fourth-order valence-corrected chi connectivity index (χ4v) is 4.12. The number of rotatable bonds is 3. The lowest BCUT2D eigenvalue weighted by Gasteiger charge is -2.39. The van der Waals surface area contributed by atoms with Crippen molar-refractivity contribution in [2.75, 3.05) is 39.3 Å². The first kappa shape index (κ1) is 17.4. The molecule has 2 aliphatic heterocycles. The highest BCUT2D eigenvalue weighted by atomic mass is 19.1. The Morgan fingerprint density at radius 2 is 1.92 bits per heavy atom. The molecule has 1 amide bonds. The van der Waals surface area contributed by atoms with Crippen LogP contribution in [-0.2, 0) is 4.79 Å². The first-order valence-corrected chi connectivity index (χ1v) is 8.95. The highest BCUT2D eigenvalue weighted by Crippen LogP contribution is 2.30. The molecule has 0 unspecified atom stereocenters. The number of carbonyl (C=O) groups is 1. The zero-order valence-electron chi connectivity index (χ0n) is 14.9. The van der Waals surface area contributed by atoms with Crippen molar-refractivity contribution in [3.63, 3.8) is 0 Å². The molecule has 0 bridgehead atoms. The van der Waals surface area contributed by atoms with Crippen molar-refractivity contribution in [1.82, 2.24) is 14.7 Å². The molecular formula is C19H28FN3O. The van der Waals surface area contributed by atoms with Gasteiger partial charge in [-0.3, -0.25) is 14.6 Å². The minimum absolute atomic E-state index is 0.163. The van der Waals surface area contributed by atoms with Crippen LogP contribution >= 0.6 is 0 Å². The van der Waals surface area contributed by atoms with Gasteiger partial charge in [0.1, 0.15) is 5.82 Å². The molecule has 3 atom stereocenters. The largest absolute Gasteiger partial charge is 0.340 e. The summed E-state index contributed by atoms with van der Waals surface area (Å²) in [5, 5.41) is 0. The quantitative estimate of drug-likeness (QED) is 0.850. The first-order chi connectivity index (χ1) is 11.5. The Balaban J connectivity index is 1.61. The molecule has 0 radical (unpaired) electrons. The van der Waals surface area contributed by atoms with E-state index in [9.17, 15) is 9.18 Å². The van der Waals surface area contributed by atoms with Crippen molar-refractivity contribution in [3.05, 3.63) is 35.6 Å². The SMILES string of the molecule is CC(=O)N1CCN([C@@H]2CN([C@H](C)c3cccc(F)c3)C[C@@H]2C)CC1. The van der Waals surface area contributed by atoms with Crippen molar-refractivity contribution >= 4 is 5.91 Å². The average molecular weight is 333 g/mol. The van der Waals surface area contributed by atoms with Crippen molar-refractivity contribution < 1.29 is 9.18 Å². The van der Waals surface area contributed by atoms with E-state index in [0.29, 0.717) is 12.0 Å². The highest BCUT2D eigenvalue weighted by Gasteiger charge is 2.37. The molecule has 2 aliphatic rings. The summed E-state index contributed by atoms with van der Waals surface area (Å²) in [4.78, 5) is 18.4. The standard InChI is InChI=1S/C19H28FN3O/c1-14-12-23(15(2)17-5-4-6-18(20)11-17)13-19(14)22-9-7-21(8-10-22)16(3)24/h4-6,11,14-15,19H,7-10,12-13H2,1-3H3/t14-,15+,19+/m0/s1. The van der Waals surface area contributed by atoms with E-state index in [1.54, 1.807) is 19.1 Å². The van der Waals surface area contributed by atoms with Gasteiger partial charge in [-0.2, -0.15) is 0 Å². The predicted molar refractivity (Wildman–Crippen MR) is 93.2 cm³/mol. The van der Waals surface area contributed by atoms with E-state index >= 15 is 0 Å². The van der Waals surface area contributed by atoms with Gasteiger partial charge in [0.25, 0.3) is 0 Å². The Labute approximate surface area is 144 Å². The molecule has 0 aromatic heterocycles. The van der Waals surface area contributed by atoms with Gasteiger partial charge in [0.15, 0.2) is 0 Å². The lowest BCUT2D eigenvalue weighted by Crippen LogP contribution is -2.53. The van der Waals surface area contributed by atoms with Crippen LogP contribution < -0.4 is 0 Å². The lowest BCUT2D eigenvalue weighted by molar-refractivity contribution is -0.130. The van der Waals surface area contributed by atoms with Crippen LogP contribution in [0.25, 0.3) is 0 Å². The van der Waals surface area contributed by atoms with Gasteiger partial charge >= 0.3 is 0 Å². The third-order valence-electron chi connectivity index (χ3n) is 5.71. The van der Waals surface area contributed by atoms with E-state index < -0.39 is 0 Å². The molecule has 24 heavy (non-hydrogen) atoms. The normalized spacial score (nSPS) is 27.4. The van der Waals surface area contributed by atoms with E-state index in [0.717, 1.165) is 44.8 Å². The second-order valence-corrected chi connectivity index (χ2v) is 7.27. The topological polar surface area (TPSA) is 26.8 Å². The maximum absolute atomic E-state index is 13.5. The number of halogens is 1. The number of hydrogen-bond donors (Lipinski definition) is 0. The van der Waals surface area contributed by atoms with Crippen molar-refractivity contribution in [2.45, 2.75) is 32.9 Å². The van der Waals surface area contributed by atoms with Crippen molar-refractivity contribution in [3.8, 4) is 0 Å². The van der Waals surface area contributed by atoms with E-state index in [4.69, 9.17) is 0 Å². The molecule has 132 valence electrons. The molecule has 1 aromatic rings. The van der Waals surface area contributed by atoms with E-state index in [2.05, 4.69) is 23.6 Å². The number of amides is 1. The number of nitrogens with zero attached hydrogens (tertiary/aromatic N) is 3. The van der Waals surface area contributed by atoms with E-state index in [1.807, 2.05) is 11.0 Å². The van der Waals surface area contributed by atoms with Gasteiger partial charge in [-0.1, -0.05) is 19.1 Å². The van der Waals surface area contributed by atoms with Gasteiger partial charge in [-0.25, -0.2) is 4.39 Å². The summed E-state index contributed by atoms with van der Waals surface area (Å²) >= 11 is 0. The molecule has 3 rings (SSSR count). The van der Waals surface area contributed by atoms with Crippen LogP contribution in [0.15, 0.2) is 24.3 Å². The second kappa shape index (κ2) is 7.19. The fraction of sp³-hybridized carbons (Fsp3) is 0.632. The molecule has 2 fully saturated rings. The number of carbonyl (C=O) groups excluding carboxylic acids is 1. The predicted octanol–water partition coefficient (Wildman–Crippen LogP) is 2.37. The second-order valence-electron chi connectivity index (χ2n) is 7.27. The highest BCUT2D eigenvalue weighted by molar-refractivity contribution is 5.73. The van der Waals surface area contributed by atoms with Crippen LogP contribution in [-0.4, -0.2) is 65.9 Å². The minimum Gasteiger partial charge on any atom is -0.340 e. The van der Waals surface area contributed by atoms with Gasteiger partial charge in [0, 0.05) is 58.3 Å². The molecule has 5 heteroatoms. The number of hydrogen-bond acceptors (Lipinski definition) is 3. The van der Waals surface area contributed by atoms with Gasteiger partial charge in [0.2, 0.25) is 5.91 Å². The summed E-state index contributed by atoms with van der Waals surface area (Å²) in [6.07, 6.45) is 0. The smallest absolute Gasteiger partial charge is 0.219 e. The van der Waals surface area contributed by atoms with E-state index in [-0.39, 0.29) is 17.8 Å². The Kier molecular flexibility index (Phi) is 5.21. The van der Waals surface area contributed by atoms with Crippen LogP contribution in [0.2, 0.25) is 0 Å². The van der Waals surface area contributed by atoms with Gasteiger partial charge in [0.05, 0.1) is 0 Å². The Morgan fingerprint density at radius 3 is 2.54 bits per heavy atom. The summed E-state index contributed by atoms with van der Waals surface area (Å²) in [5.41, 5.74) is 1.05. The van der Waals surface area contributed by atoms with Crippen molar-refractivity contribution in [2.24, 2.45) is 5.92 Å². The molecule has 0 N–H and O–H groups in total. The minimum atomic E-state index is -0.163. The van der Waals surface area contributed by atoms with Crippen LogP contribution in [0, 0.1) is 11.7 Å². The zero-order valence-corrected chi connectivity index (χ0v) is 14.9. The summed E-state index contributed by atoms with van der Waals surface area (Å²) < 4.78 is 13.5. The summed E-state index contributed by atoms with van der Waals surface area (Å²) in [6, 6.07) is 7.70. The van der Waals surface area contributed by atoms with Crippen LogP contribution in [0.3, 0.4) is 0 Å². The number of likely N-dealkylation sites (tertiary alicyclic amines) is 1. The summed E-state index contributed by atoms with van der Waals surface area (Å²) in [6.45, 7) is 11.7. The van der Waals surface area contributed by atoms with Gasteiger partial charge in [-0.05, 0) is 30.5 Å². The molecule has 0 saturated carbocycles.